The van der Waals surface area contributed by atoms with Crippen LogP contribution in [-0.2, 0) is 13.6 Å². The van der Waals surface area contributed by atoms with Gasteiger partial charge in [0.15, 0.2) is 0 Å². The van der Waals surface area contributed by atoms with Crippen molar-refractivity contribution in [3.8, 4) is 0 Å². The predicted octanol–water partition coefficient (Wildman–Crippen LogP) is 5.86. The lowest BCUT2D eigenvalue weighted by Gasteiger charge is -2.34. The third-order valence-electron chi connectivity index (χ3n) is 3.58. The van der Waals surface area contributed by atoms with E-state index in [9.17, 15) is 4.57 Å². The molecule has 0 amide bonds. The molecule has 1 unspecified atom stereocenters. The largest absolute Gasteiger partial charge is 0.331 e. The Balaban J connectivity index is 4.72. The van der Waals surface area contributed by atoms with E-state index in [2.05, 4.69) is 26.6 Å². The molecule has 0 radical (unpaired) electrons. The van der Waals surface area contributed by atoms with E-state index in [0.717, 1.165) is 12.8 Å². The second kappa shape index (κ2) is 10.2. The number of hydrogen-bond donors (Lipinski definition) is 0. The number of unbranched alkanes of at least 4 members (excludes halogenated alkanes) is 4. The topological polar surface area (TPSA) is 35.5 Å². The van der Waals surface area contributed by atoms with Crippen LogP contribution >= 0.6 is 7.60 Å². The van der Waals surface area contributed by atoms with Gasteiger partial charge in [-0.05, 0) is 20.3 Å². The molecule has 0 rings (SSSR count). The van der Waals surface area contributed by atoms with Crippen molar-refractivity contribution >= 4 is 15.7 Å². The number of rotatable bonds is 12. The van der Waals surface area contributed by atoms with Crippen molar-refractivity contribution in [1.29, 1.82) is 0 Å². The highest BCUT2D eigenvalue weighted by Crippen LogP contribution is 2.57. The lowest BCUT2D eigenvalue weighted by atomic mass is 10.1. The van der Waals surface area contributed by atoms with Crippen LogP contribution in [0.15, 0.2) is 0 Å². The molecule has 0 heterocycles. The van der Waals surface area contributed by atoms with Crippen molar-refractivity contribution in [2.24, 2.45) is 0 Å². The Bertz CT molecular complexity index is 279. The molecule has 0 saturated heterocycles. The fraction of sp³-hybridized carbons (Fsp3) is 1.00. The van der Waals surface area contributed by atoms with Crippen molar-refractivity contribution in [3.05, 3.63) is 0 Å². The fourth-order valence-corrected chi connectivity index (χ4v) is 9.55. The maximum atomic E-state index is 13.1. The normalized spacial score (nSPS) is 14.5. The van der Waals surface area contributed by atoms with Gasteiger partial charge in [0.05, 0.1) is 26.6 Å². The molecule has 0 fully saturated rings. The van der Waals surface area contributed by atoms with Crippen LogP contribution in [0.4, 0.5) is 0 Å². The minimum Gasteiger partial charge on any atom is -0.309 e. The van der Waals surface area contributed by atoms with Gasteiger partial charge in [-0.25, -0.2) is 0 Å². The molecular formula is C15H35O3PSi. The maximum Gasteiger partial charge on any atom is 0.331 e. The summed E-state index contributed by atoms with van der Waals surface area (Å²) < 4.78 is 24.3. The Hall–Kier alpha value is 0.367. The molecule has 1 atom stereocenters. The summed E-state index contributed by atoms with van der Waals surface area (Å²) in [5.74, 6) is 0. The summed E-state index contributed by atoms with van der Waals surface area (Å²) >= 11 is 0. The molecule has 0 bridgehead atoms. The molecule has 0 aliphatic carbocycles. The van der Waals surface area contributed by atoms with Gasteiger partial charge in [0.2, 0.25) is 0 Å². The zero-order chi connectivity index (χ0) is 15.6. The average Bonchev–Trinajstić information content (AvgIpc) is 2.32. The van der Waals surface area contributed by atoms with E-state index in [1.54, 1.807) is 0 Å². The minimum atomic E-state index is -2.94. The highest BCUT2D eigenvalue weighted by molar-refractivity contribution is 7.58. The Morgan fingerprint density at radius 3 is 1.80 bits per heavy atom. The van der Waals surface area contributed by atoms with Crippen LogP contribution in [0.1, 0.15) is 59.3 Å². The van der Waals surface area contributed by atoms with Gasteiger partial charge in [-0.15, -0.1) is 0 Å². The molecule has 5 heteroatoms. The molecule has 0 aliphatic heterocycles. The van der Waals surface area contributed by atoms with Gasteiger partial charge >= 0.3 is 7.60 Å². The Morgan fingerprint density at radius 1 is 0.900 bits per heavy atom. The summed E-state index contributed by atoms with van der Waals surface area (Å²) in [6.45, 7) is 13.8. The van der Waals surface area contributed by atoms with Crippen molar-refractivity contribution < 1.29 is 13.6 Å². The van der Waals surface area contributed by atoms with Gasteiger partial charge < -0.3 is 9.05 Å². The Labute approximate surface area is 127 Å². The summed E-state index contributed by atoms with van der Waals surface area (Å²) in [7, 11) is -4.52. The summed E-state index contributed by atoms with van der Waals surface area (Å²) in [5, 5.41) is 0.122. The lowest BCUT2D eigenvalue weighted by Crippen LogP contribution is -2.39. The smallest absolute Gasteiger partial charge is 0.309 e. The quantitative estimate of drug-likeness (QED) is 0.256. The zero-order valence-electron chi connectivity index (χ0n) is 14.4. The van der Waals surface area contributed by atoms with Crippen LogP contribution in [0.25, 0.3) is 0 Å². The van der Waals surface area contributed by atoms with Gasteiger partial charge in [0.25, 0.3) is 0 Å². The molecule has 0 aromatic rings. The SMILES string of the molecule is CCCCCCCC([Si](C)(C)C)P(=O)(OCC)OCC. The van der Waals surface area contributed by atoms with E-state index in [1.165, 1.54) is 25.7 Å². The van der Waals surface area contributed by atoms with Crippen molar-refractivity contribution in [2.75, 3.05) is 13.2 Å². The first-order chi connectivity index (χ1) is 9.31. The summed E-state index contributed by atoms with van der Waals surface area (Å²) in [6, 6.07) is 0. The fourth-order valence-electron chi connectivity index (χ4n) is 2.58. The first-order valence-corrected chi connectivity index (χ1v) is 13.4. The van der Waals surface area contributed by atoms with E-state index < -0.39 is 15.7 Å². The summed E-state index contributed by atoms with van der Waals surface area (Å²) in [4.78, 5) is 0. The van der Waals surface area contributed by atoms with Gasteiger partial charge in [0, 0.05) is 0 Å². The maximum absolute atomic E-state index is 13.1. The molecular weight excluding hydrogens is 287 g/mol. The third kappa shape index (κ3) is 7.40. The van der Waals surface area contributed by atoms with Crippen LogP contribution in [0.3, 0.4) is 0 Å². The van der Waals surface area contributed by atoms with Crippen molar-refractivity contribution in [2.45, 2.75) is 84.2 Å². The van der Waals surface area contributed by atoms with Crippen LogP contribution in [0.2, 0.25) is 19.6 Å². The minimum absolute atomic E-state index is 0.122. The molecule has 122 valence electrons. The highest BCUT2D eigenvalue weighted by Gasteiger charge is 2.43. The first kappa shape index (κ1) is 20.4. The molecule has 0 aromatic heterocycles. The Morgan fingerprint density at radius 2 is 1.40 bits per heavy atom. The number of hydrogen-bond acceptors (Lipinski definition) is 3. The van der Waals surface area contributed by atoms with Crippen molar-refractivity contribution in [1.82, 2.24) is 0 Å². The van der Waals surface area contributed by atoms with Gasteiger partial charge in [0.1, 0.15) is 0 Å². The van der Waals surface area contributed by atoms with Crippen LogP contribution in [-0.4, -0.2) is 26.6 Å². The van der Waals surface area contributed by atoms with Crippen LogP contribution in [0.5, 0.6) is 0 Å². The standard InChI is InChI=1S/C15H35O3PSi/c1-7-10-11-12-13-14-15(20(4,5)6)19(16,17-8-2)18-9-3/h15H,7-14H2,1-6H3. The molecule has 0 aromatic carbocycles. The molecule has 0 spiro atoms. The van der Waals surface area contributed by atoms with Crippen molar-refractivity contribution in [3.63, 3.8) is 0 Å². The third-order valence-corrected chi connectivity index (χ3v) is 11.4. The predicted molar refractivity (Wildman–Crippen MR) is 91.4 cm³/mol. The van der Waals surface area contributed by atoms with Gasteiger partial charge in [-0.2, -0.15) is 0 Å². The van der Waals surface area contributed by atoms with Crippen LogP contribution < -0.4 is 0 Å². The second-order valence-electron chi connectivity index (χ2n) is 6.46. The van der Waals surface area contributed by atoms with Crippen LogP contribution in [0, 0.1) is 0 Å². The van der Waals surface area contributed by atoms with E-state index in [4.69, 9.17) is 9.05 Å². The first-order valence-electron chi connectivity index (χ1n) is 8.20. The van der Waals surface area contributed by atoms with Gasteiger partial charge in [-0.3, -0.25) is 4.57 Å². The van der Waals surface area contributed by atoms with E-state index in [0.29, 0.717) is 13.2 Å². The van der Waals surface area contributed by atoms with E-state index >= 15 is 0 Å². The van der Waals surface area contributed by atoms with Gasteiger partial charge in [-0.1, -0.05) is 58.7 Å². The highest BCUT2D eigenvalue weighted by atomic mass is 31.2. The summed E-state index contributed by atoms with van der Waals surface area (Å²) in [5.41, 5.74) is 0. The molecule has 0 aliphatic rings. The molecule has 0 saturated carbocycles. The second-order valence-corrected chi connectivity index (χ2v) is 14.6. The van der Waals surface area contributed by atoms with E-state index in [-0.39, 0.29) is 5.28 Å². The monoisotopic (exact) mass is 322 g/mol. The molecule has 20 heavy (non-hydrogen) atoms. The Kier molecular flexibility index (Phi) is 10.3. The molecule has 0 N–H and O–H groups in total. The average molecular weight is 323 g/mol. The zero-order valence-corrected chi connectivity index (χ0v) is 16.3. The van der Waals surface area contributed by atoms with E-state index in [1.807, 2.05) is 13.8 Å². The lowest BCUT2D eigenvalue weighted by molar-refractivity contribution is 0.216. The molecule has 3 nitrogen and oxygen atoms in total. The summed E-state index contributed by atoms with van der Waals surface area (Å²) in [6.07, 6.45) is 7.19.